The number of hydrogen-bond acceptors (Lipinski definition) is 5. The molecule has 1 atom stereocenters. The highest BCUT2D eigenvalue weighted by molar-refractivity contribution is 8.00. The first-order chi connectivity index (χ1) is 12.8. The molecule has 10 heteroatoms. The Hall–Kier alpha value is -2.49. The van der Waals surface area contributed by atoms with Gasteiger partial charge in [-0.3, -0.25) is 9.59 Å². The number of thioether (sulfide) groups is 1. The van der Waals surface area contributed by atoms with E-state index in [1.54, 1.807) is 6.92 Å². The van der Waals surface area contributed by atoms with Crippen LogP contribution >= 0.6 is 11.8 Å². The molecule has 0 saturated heterocycles. The maximum absolute atomic E-state index is 13.7. The molecule has 7 nitrogen and oxygen atoms in total. The highest BCUT2D eigenvalue weighted by Gasteiger charge is 2.31. The molecule has 3 rings (SSSR count). The van der Waals surface area contributed by atoms with Crippen molar-refractivity contribution in [3.05, 3.63) is 35.7 Å². The van der Waals surface area contributed by atoms with Crippen LogP contribution in [-0.2, 0) is 16.0 Å². The summed E-state index contributed by atoms with van der Waals surface area (Å²) in [5, 5.41) is 10.6. The summed E-state index contributed by atoms with van der Waals surface area (Å²) in [7, 11) is 0. The molecule has 27 heavy (non-hydrogen) atoms. The van der Waals surface area contributed by atoms with Gasteiger partial charge in [0, 0.05) is 24.9 Å². The summed E-state index contributed by atoms with van der Waals surface area (Å²) in [6.07, 6.45) is 2.51. The van der Waals surface area contributed by atoms with E-state index in [4.69, 9.17) is 5.73 Å². The summed E-state index contributed by atoms with van der Waals surface area (Å²) in [6, 6.07) is 3.12. The predicted octanol–water partition coefficient (Wildman–Crippen LogP) is 2.43. The number of nitrogens with one attached hydrogen (secondary N) is 1. The Morgan fingerprint density at radius 3 is 2.78 bits per heavy atom. The molecule has 1 aromatic carbocycles. The number of anilines is 1. The van der Waals surface area contributed by atoms with Gasteiger partial charge in [-0.05, 0) is 31.9 Å². The molecular weight excluding hydrogens is 376 g/mol. The smallest absolute Gasteiger partial charge is 0.237 e. The van der Waals surface area contributed by atoms with Gasteiger partial charge in [0.25, 0.3) is 0 Å². The fourth-order valence-electron chi connectivity index (χ4n) is 2.53. The second-order valence-electron chi connectivity index (χ2n) is 6.34. The Morgan fingerprint density at radius 2 is 2.11 bits per heavy atom. The lowest BCUT2D eigenvalue weighted by Gasteiger charge is -2.13. The fraction of sp³-hybridized carbons (Fsp3) is 0.412. The summed E-state index contributed by atoms with van der Waals surface area (Å²) in [5.41, 5.74) is 4.98. The molecule has 1 fully saturated rings. The monoisotopic (exact) mass is 395 g/mol. The standard InChI is InChI=1S/C17H19F2N5O2S/c1-9(16(26)21-13-8-10(18)2-5-12(13)19)27-17-23-22-15(7-6-14(20)25)24(17)11-3-4-11/h2,5,8-9,11H,3-4,6-7H2,1H3,(H2,20,25)(H,21,26). The number of rotatable bonds is 8. The number of hydrogen-bond donors (Lipinski definition) is 2. The van der Waals surface area contributed by atoms with Gasteiger partial charge in [-0.25, -0.2) is 8.78 Å². The van der Waals surface area contributed by atoms with Crippen LogP contribution in [0.4, 0.5) is 14.5 Å². The van der Waals surface area contributed by atoms with Gasteiger partial charge in [-0.1, -0.05) is 11.8 Å². The van der Waals surface area contributed by atoms with Gasteiger partial charge in [0.1, 0.15) is 17.5 Å². The third-order valence-corrected chi connectivity index (χ3v) is 5.14. The Morgan fingerprint density at radius 1 is 1.37 bits per heavy atom. The SMILES string of the molecule is CC(Sc1nnc(CCC(N)=O)n1C1CC1)C(=O)Nc1cc(F)ccc1F. The number of nitrogens with zero attached hydrogens (tertiary/aromatic N) is 3. The molecule has 2 aromatic rings. The minimum Gasteiger partial charge on any atom is -0.370 e. The topological polar surface area (TPSA) is 103 Å². The van der Waals surface area contributed by atoms with Crippen molar-refractivity contribution in [1.29, 1.82) is 0 Å². The van der Waals surface area contributed by atoms with Gasteiger partial charge >= 0.3 is 0 Å². The van der Waals surface area contributed by atoms with Crippen LogP contribution in [0.2, 0.25) is 0 Å². The number of carbonyl (C=O) groups excluding carboxylic acids is 2. The van der Waals surface area contributed by atoms with Crippen LogP contribution in [-0.4, -0.2) is 31.8 Å². The first-order valence-corrected chi connectivity index (χ1v) is 9.37. The van der Waals surface area contributed by atoms with Crippen LogP contribution in [0.5, 0.6) is 0 Å². The zero-order chi connectivity index (χ0) is 19.6. The van der Waals surface area contributed by atoms with E-state index in [9.17, 15) is 18.4 Å². The highest BCUT2D eigenvalue weighted by Crippen LogP contribution is 2.39. The van der Waals surface area contributed by atoms with Crippen LogP contribution in [0.3, 0.4) is 0 Å². The average molecular weight is 395 g/mol. The van der Waals surface area contributed by atoms with E-state index in [-0.39, 0.29) is 18.2 Å². The number of benzene rings is 1. The summed E-state index contributed by atoms with van der Waals surface area (Å²) in [5.74, 6) is -1.59. The molecule has 1 aliphatic rings. The lowest BCUT2D eigenvalue weighted by atomic mass is 10.3. The molecule has 0 aliphatic heterocycles. The summed E-state index contributed by atoms with van der Waals surface area (Å²) in [6.45, 7) is 1.65. The van der Waals surface area contributed by atoms with Crippen molar-refractivity contribution in [2.24, 2.45) is 5.73 Å². The summed E-state index contributed by atoms with van der Waals surface area (Å²) >= 11 is 1.18. The lowest BCUT2D eigenvalue weighted by Crippen LogP contribution is -2.23. The highest BCUT2D eigenvalue weighted by atomic mass is 32.2. The minimum absolute atomic E-state index is 0.171. The first-order valence-electron chi connectivity index (χ1n) is 8.50. The van der Waals surface area contributed by atoms with Crippen molar-refractivity contribution in [2.75, 3.05) is 5.32 Å². The molecular formula is C17H19F2N5O2S. The number of aromatic nitrogens is 3. The summed E-state index contributed by atoms with van der Waals surface area (Å²) in [4.78, 5) is 23.4. The number of aryl methyl sites for hydroxylation is 1. The van der Waals surface area contributed by atoms with E-state index in [1.807, 2.05) is 4.57 Å². The maximum Gasteiger partial charge on any atom is 0.237 e. The number of amides is 2. The van der Waals surface area contributed by atoms with Crippen molar-refractivity contribution in [2.45, 2.75) is 49.1 Å². The quantitative estimate of drug-likeness (QED) is 0.668. The van der Waals surface area contributed by atoms with Crippen LogP contribution < -0.4 is 11.1 Å². The second-order valence-corrected chi connectivity index (χ2v) is 7.65. The fourth-order valence-corrected chi connectivity index (χ4v) is 3.47. The normalized spacial score (nSPS) is 14.8. The molecule has 1 aliphatic carbocycles. The second kappa shape index (κ2) is 8.03. The van der Waals surface area contributed by atoms with E-state index >= 15 is 0 Å². The number of halogens is 2. The van der Waals surface area contributed by atoms with E-state index in [2.05, 4.69) is 15.5 Å². The van der Waals surface area contributed by atoms with Gasteiger partial charge in [-0.15, -0.1) is 10.2 Å². The minimum atomic E-state index is -0.711. The third kappa shape index (κ3) is 4.82. The van der Waals surface area contributed by atoms with Gasteiger partial charge in [0.2, 0.25) is 11.8 Å². The van der Waals surface area contributed by atoms with Crippen LogP contribution in [0.25, 0.3) is 0 Å². The Balaban J connectivity index is 1.70. The lowest BCUT2D eigenvalue weighted by molar-refractivity contribution is -0.118. The zero-order valence-corrected chi connectivity index (χ0v) is 15.4. The maximum atomic E-state index is 13.7. The van der Waals surface area contributed by atoms with Crippen molar-refractivity contribution in [3.8, 4) is 0 Å². The van der Waals surface area contributed by atoms with Crippen LogP contribution in [0, 0.1) is 11.6 Å². The Labute approximate surface area is 158 Å². The van der Waals surface area contributed by atoms with Gasteiger partial charge < -0.3 is 15.6 Å². The molecule has 0 radical (unpaired) electrons. The third-order valence-electron chi connectivity index (χ3n) is 4.08. The first kappa shape index (κ1) is 19.3. The van der Waals surface area contributed by atoms with E-state index in [0.717, 1.165) is 31.0 Å². The zero-order valence-electron chi connectivity index (χ0n) is 14.6. The van der Waals surface area contributed by atoms with Crippen molar-refractivity contribution in [1.82, 2.24) is 14.8 Å². The largest absolute Gasteiger partial charge is 0.370 e. The molecule has 1 saturated carbocycles. The van der Waals surface area contributed by atoms with Crippen molar-refractivity contribution < 1.29 is 18.4 Å². The Kier molecular flexibility index (Phi) is 5.73. The van der Waals surface area contributed by atoms with Crippen LogP contribution in [0.1, 0.15) is 38.1 Å². The van der Waals surface area contributed by atoms with Crippen molar-refractivity contribution >= 4 is 29.3 Å². The average Bonchev–Trinajstić information content (AvgIpc) is 3.37. The van der Waals surface area contributed by atoms with Crippen LogP contribution in [0.15, 0.2) is 23.4 Å². The van der Waals surface area contributed by atoms with Gasteiger partial charge in [0.15, 0.2) is 5.16 Å². The molecule has 2 amide bonds. The van der Waals surface area contributed by atoms with E-state index in [0.29, 0.717) is 17.4 Å². The molecule has 1 unspecified atom stereocenters. The molecule has 3 N–H and O–H groups in total. The van der Waals surface area contributed by atoms with Gasteiger partial charge in [0.05, 0.1) is 10.9 Å². The Bertz CT molecular complexity index is 869. The van der Waals surface area contributed by atoms with Gasteiger partial charge in [-0.2, -0.15) is 0 Å². The van der Waals surface area contributed by atoms with E-state index < -0.39 is 28.7 Å². The molecule has 144 valence electrons. The number of nitrogens with two attached hydrogens (primary N) is 1. The predicted molar refractivity (Wildman–Crippen MR) is 96.1 cm³/mol. The number of primary amides is 1. The molecule has 0 bridgehead atoms. The molecule has 0 spiro atoms. The number of carbonyl (C=O) groups is 2. The van der Waals surface area contributed by atoms with Crippen molar-refractivity contribution in [3.63, 3.8) is 0 Å². The summed E-state index contributed by atoms with van der Waals surface area (Å²) < 4.78 is 28.9. The molecule has 1 heterocycles. The van der Waals surface area contributed by atoms with E-state index in [1.165, 1.54) is 11.8 Å². The molecule has 1 aromatic heterocycles.